The molecule has 0 spiro atoms. The van der Waals surface area contributed by atoms with Crippen molar-refractivity contribution in [3.05, 3.63) is 0 Å². The monoisotopic (exact) mass is 170 g/mol. The van der Waals surface area contributed by atoms with Gasteiger partial charge in [0.1, 0.15) is 5.54 Å². The van der Waals surface area contributed by atoms with E-state index in [9.17, 15) is 9.59 Å². The molecule has 4 nitrogen and oxygen atoms in total. The Bertz CT molecular complexity index is 213. The highest BCUT2D eigenvalue weighted by atomic mass is 16.2. The van der Waals surface area contributed by atoms with Gasteiger partial charge in [-0.1, -0.05) is 0 Å². The summed E-state index contributed by atoms with van der Waals surface area (Å²) in [5, 5.41) is 0. The minimum atomic E-state index is -0.672. The maximum Gasteiger partial charge on any atom is 0.247 e. The molecule has 0 N–H and O–H groups in total. The van der Waals surface area contributed by atoms with Crippen molar-refractivity contribution in [2.24, 2.45) is 0 Å². The maximum absolute atomic E-state index is 11.5. The minimum Gasteiger partial charge on any atom is -0.342 e. The summed E-state index contributed by atoms with van der Waals surface area (Å²) >= 11 is 0. The van der Waals surface area contributed by atoms with Crippen molar-refractivity contribution in [2.45, 2.75) is 19.4 Å². The molecule has 12 heavy (non-hydrogen) atoms. The molecule has 4 heteroatoms. The van der Waals surface area contributed by atoms with Gasteiger partial charge in [0, 0.05) is 20.1 Å². The predicted octanol–water partition coefficient (Wildman–Crippen LogP) is -0.305. The fraction of sp³-hybridized carbons (Fsp3) is 0.750. The zero-order chi connectivity index (χ0) is 9.35. The molecule has 68 valence electrons. The van der Waals surface area contributed by atoms with E-state index in [4.69, 9.17) is 0 Å². The average molecular weight is 170 g/mol. The average Bonchev–Trinajstić information content (AvgIpc) is 2.01. The predicted molar refractivity (Wildman–Crippen MR) is 44.5 cm³/mol. The van der Waals surface area contributed by atoms with Gasteiger partial charge in [-0.05, 0) is 13.8 Å². The topological polar surface area (TPSA) is 40.6 Å². The van der Waals surface area contributed by atoms with Gasteiger partial charge in [-0.3, -0.25) is 9.59 Å². The van der Waals surface area contributed by atoms with Crippen LogP contribution in [0.15, 0.2) is 0 Å². The SMILES string of the molecule is CN1CCN(C=O)C(C)(C)C1=O. The molecule has 0 aliphatic carbocycles. The summed E-state index contributed by atoms with van der Waals surface area (Å²) < 4.78 is 0. The lowest BCUT2D eigenvalue weighted by Crippen LogP contribution is -2.61. The van der Waals surface area contributed by atoms with E-state index in [1.807, 2.05) is 0 Å². The smallest absolute Gasteiger partial charge is 0.247 e. The second-order valence-electron chi connectivity index (χ2n) is 3.58. The molecule has 1 rings (SSSR count). The van der Waals surface area contributed by atoms with Crippen molar-refractivity contribution < 1.29 is 9.59 Å². The third-order valence-electron chi connectivity index (χ3n) is 2.39. The number of amides is 2. The Labute approximate surface area is 72.1 Å². The summed E-state index contributed by atoms with van der Waals surface area (Å²) in [7, 11) is 1.76. The van der Waals surface area contributed by atoms with Crippen LogP contribution in [0.1, 0.15) is 13.8 Å². The van der Waals surface area contributed by atoms with Crippen LogP contribution < -0.4 is 0 Å². The number of hydrogen-bond acceptors (Lipinski definition) is 2. The lowest BCUT2D eigenvalue weighted by Gasteiger charge is -2.42. The number of likely N-dealkylation sites (N-methyl/N-ethyl adjacent to an activating group) is 1. The Morgan fingerprint density at radius 2 is 2.00 bits per heavy atom. The first-order valence-electron chi connectivity index (χ1n) is 3.97. The number of nitrogens with zero attached hydrogens (tertiary/aromatic N) is 2. The molecule has 1 aliphatic rings. The first-order valence-corrected chi connectivity index (χ1v) is 3.97. The number of rotatable bonds is 1. The number of carbonyl (C=O) groups is 2. The van der Waals surface area contributed by atoms with Gasteiger partial charge >= 0.3 is 0 Å². The third-order valence-corrected chi connectivity index (χ3v) is 2.39. The van der Waals surface area contributed by atoms with Crippen LogP contribution in [-0.2, 0) is 9.59 Å². The van der Waals surface area contributed by atoms with Gasteiger partial charge in [-0.15, -0.1) is 0 Å². The summed E-state index contributed by atoms with van der Waals surface area (Å²) in [5.74, 6) is 0.000787. The summed E-state index contributed by atoms with van der Waals surface area (Å²) in [6, 6.07) is 0. The van der Waals surface area contributed by atoms with Gasteiger partial charge in [-0.25, -0.2) is 0 Å². The summed E-state index contributed by atoms with van der Waals surface area (Å²) in [6.07, 6.45) is 0.741. The normalized spacial score (nSPS) is 22.8. The molecule has 0 bridgehead atoms. The van der Waals surface area contributed by atoms with E-state index in [1.165, 1.54) is 4.90 Å². The van der Waals surface area contributed by atoms with Crippen LogP contribution in [-0.4, -0.2) is 47.8 Å². The van der Waals surface area contributed by atoms with Crippen LogP contribution in [0.3, 0.4) is 0 Å². The van der Waals surface area contributed by atoms with Crippen LogP contribution in [0.5, 0.6) is 0 Å². The molecule has 1 aliphatic heterocycles. The first kappa shape index (κ1) is 9.03. The highest BCUT2D eigenvalue weighted by Gasteiger charge is 2.39. The molecular formula is C8H14N2O2. The van der Waals surface area contributed by atoms with Crippen molar-refractivity contribution in [3.63, 3.8) is 0 Å². The molecule has 0 radical (unpaired) electrons. The van der Waals surface area contributed by atoms with Crippen LogP contribution >= 0.6 is 0 Å². The minimum absolute atomic E-state index is 0.000787. The summed E-state index contributed by atoms with van der Waals surface area (Å²) in [5.41, 5.74) is -0.672. The number of piperazine rings is 1. The Morgan fingerprint density at radius 3 is 2.50 bits per heavy atom. The maximum atomic E-state index is 11.5. The first-order chi connectivity index (χ1) is 5.50. The van der Waals surface area contributed by atoms with E-state index < -0.39 is 5.54 Å². The molecule has 0 saturated carbocycles. The number of hydrogen-bond donors (Lipinski definition) is 0. The van der Waals surface area contributed by atoms with E-state index in [0.29, 0.717) is 13.1 Å². The Hall–Kier alpha value is -1.06. The second kappa shape index (κ2) is 2.77. The van der Waals surface area contributed by atoms with Gasteiger partial charge in [0.15, 0.2) is 0 Å². The fourth-order valence-corrected chi connectivity index (χ4v) is 1.41. The van der Waals surface area contributed by atoms with Gasteiger partial charge in [0.2, 0.25) is 12.3 Å². The van der Waals surface area contributed by atoms with Crippen molar-refractivity contribution in [3.8, 4) is 0 Å². The highest BCUT2D eigenvalue weighted by Crippen LogP contribution is 2.19. The van der Waals surface area contributed by atoms with Crippen LogP contribution in [0.4, 0.5) is 0 Å². The molecule has 1 heterocycles. The number of carbonyl (C=O) groups excluding carboxylic acids is 2. The molecule has 2 amide bonds. The largest absolute Gasteiger partial charge is 0.342 e. The van der Waals surface area contributed by atoms with Crippen molar-refractivity contribution in [1.29, 1.82) is 0 Å². The molecule has 0 atom stereocenters. The Balaban J connectivity index is 2.87. The van der Waals surface area contributed by atoms with E-state index in [-0.39, 0.29) is 5.91 Å². The quantitative estimate of drug-likeness (QED) is 0.507. The van der Waals surface area contributed by atoms with Crippen LogP contribution in [0, 0.1) is 0 Å². The molecule has 1 fully saturated rings. The Morgan fingerprint density at radius 1 is 1.42 bits per heavy atom. The van der Waals surface area contributed by atoms with Gasteiger partial charge < -0.3 is 9.80 Å². The summed E-state index contributed by atoms with van der Waals surface area (Å²) in [6.45, 7) is 4.78. The van der Waals surface area contributed by atoms with Gasteiger partial charge in [0.05, 0.1) is 0 Å². The molecule has 0 aromatic carbocycles. The standard InChI is InChI=1S/C8H14N2O2/c1-8(2)7(12)9(3)4-5-10(8)6-11/h6H,4-5H2,1-3H3. The van der Waals surface area contributed by atoms with Crippen molar-refractivity contribution >= 4 is 12.3 Å². The molecular weight excluding hydrogens is 156 g/mol. The van der Waals surface area contributed by atoms with Crippen molar-refractivity contribution in [1.82, 2.24) is 9.80 Å². The second-order valence-corrected chi connectivity index (χ2v) is 3.58. The molecule has 0 aromatic rings. The summed E-state index contributed by atoms with van der Waals surface area (Å²) in [4.78, 5) is 25.3. The van der Waals surface area contributed by atoms with E-state index >= 15 is 0 Å². The third kappa shape index (κ3) is 1.17. The molecule has 0 aromatic heterocycles. The lowest BCUT2D eigenvalue weighted by molar-refractivity contribution is -0.151. The van der Waals surface area contributed by atoms with E-state index in [2.05, 4.69) is 0 Å². The van der Waals surface area contributed by atoms with Crippen molar-refractivity contribution in [2.75, 3.05) is 20.1 Å². The lowest BCUT2D eigenvalue weighted by atomic mass is 9.99. The zero-order valence-corrected chi connectivity index (χ0v) is 7.70. The molecule has 1 saturated heterocycles. The van der Waals surface area contributed by atoms with E-state index in [1.54, 1.807) is 25.8 Å². The highest BCUT2D eigenvalue weighted by molar-refractivity contribution is 5.88. The zero-order valence-electron chi connectivity index (χ0n) is 7.70. The van der Waals surface area contributed by atoms with Gasteiger partial charge in [-0.2, -0.15) is 0 Å². The van der Waals surface area contributed by atoms with Gasteiger partial charge in [0.25, 0.3) is 0 Å². The van der Waals surface area contributed by atoms with Crippen LogP contribution in [0.25, 0.3) is 0 Å². The van der Waals surface area contributed by atoms with E-state index in [0.717, 1.165) is 6.41 Å². The Kier molecular flexibility index (Phi) is 2.08. The van der Waals surface area contributed by atoms with Crippen LogP contribution in [0.2, 0.25) is 0 Å². The fourth-order valence-electron chi connectivity index (χ4n) is 1.41. The molecule has 0 unspecified atom stereocenters.